The number of aromatic nitrogens is 1. The van der Waals surface area contributed by atoms with Crippen LogP contribution in [0.25, 0.3) is 6.08 Å². The lowest BCUT2D eigenvalue weighted by molar-refractivity contribution is -0.128. The summed E-state index contributed by atoms with van der Waals surface area (Å²) in [7, 11) is 0. The number of likely N-dealkylation sites (tertiary alicyclic amines) is 1. The summed E-state index contributed by atoms with van der Waals surface area (Å²) in [5.74, 6) is -0.784. The Morgan fingerprint density at radius 1 is 1.06 bits per heavy atom. The van der Waals surface area contributed by atoms with E-state index in [9.17, 15) is 14.4 Å². The molecule has 3 aromatic rings. The summed E-state index contributed by atoms with van der Waals surface area (Å²) >= 11 is 1.45. The van der Waals surface area contributed by atoms with Gasteiger partial charge in [0.25, 0.3) is 11.8 Å². The summed E-state index contributed by atoms with van der Waals surface area (Å²) in [6.07, 6.45) is 3.17. The molecule has 1 N–H and O–H groups in total. The van der Waals surface area contributed by atoms with E-state index in [4.69, 9.17) is 4.74 Å². The molecule has 2 aromatic carbocycles. The van der Waals surface area contributed by atoms with Crippen LogP contribution in [0, 0.1) is 0 Å². The second kappa shape index (κ2) is 11.6. The molecule has 8 heteroatoms. The van der Waals surface area contributed by atoms with Crippen molar-refractivity contribution in [2.24, 2.45) is 0 Å². The van der Waals surface area contributed by atoms with E-state index in [0.717, 1.165) is 23.4 Å². The van der Waals surface area contributed by atoms with E-state index >= 15 is 0 Å². The van der Waals surface area contributed by atoms with Gasteiger partial charge in [-0.25, -0.2) is 9.78 Å². The van der Waals surface area contributed by atoms with Crippen molar-refractivity contribution in [2.45, 2.75) is 25.7 Å². The first-order chi connectivity index (χ1) is 17.0. The van der Waals surface area contributed by atoms with Crippen molar-refractivity contribution in [1.82, 2.24) is 15.2 Å². The maximum Gasteiger partial charge on any atom is 0.357 e. The Bertz CT molecular complexity index is 1200. The number of amides is 2. The molecular weight excluding hydrogens is 462 g/mol. The number of nitrogens with one attached hydrogen (secondary N) is 1. The Morgan fingerprint density at radius 2 is 1.71 bits per heavy atom. The quantitative estimate of drug-likeness (QED) is 0.390. The van der Waals surface area contributed by atoms with Crippen molar-refractivity contribution in [3.05, 3.63) is 93.6 Å². The smallest absolute Gasteiger partial charge is 0.357 e. The molecule has 0 unspecified atom stereocenters. The number of carbonyl (C=O) groups is 3. The van der Waals surface area contributed by atoms with E-state index < -0.39 is 5.97 Å². The minimum absolute atomic E-state index is 0.174. The van der Waals surface area contributed by atoms with Crippen LogP contribution < -0.4 is 5.32 Å². The average molecular weight is 490 g/mol. The Morgan fingerprint density at radius 3 is 2.37 bits per heavy atom. The average Bonchev–Trinajstić information content (AvgIpc) is 3.40. The topological polar surface area (TPSA) is 88.6 Å². The van der Waals surface area contributed by atoms with E-state index in [1.54, 1.807) is 47.5 Å². The molecule has 180 valence electrons. The summed E-state index contributed by atoms with van der Waals surface area (Å²) < 4.78 is 5.03. The van der Waals surface area contributed by atoms with Gasteiger partial charge in [0.1, 0.15) is 5.70 Å². The summed E-state index contributed by atoms with van der Waals surface area (Å²) in [4.78, 5) is 44.4. The number of carbonyl (C=O) groups excluding carboxylic acids is 3. The fourth-order valence-electron chi connectivity index (χ4n) is 3.93. The molecule has 35 heavy (non-hydrogen) atoms. The SMILES string of the molecule is CCOC(=O)c1csc(C2CCN(C(=O)/C(=C/c3ccccc3)NC(=O)c3ccccc3)CC2)n1. The van der Waals surface area contributed by atoms with E-state index in [1.807, 2.05) is 36.4 Å². The molecule has 2 amide bonds. The molecule has 1 aromatic heterocycles. The fraction of sp³-hybridized carbons (Fsp3) is 0.259. The van der Waals surface area contributed by atoms with Crippen molar-refractivity contribution in [3.63, 3.8) is 0 Å². The van der Waals surface area contributed by atoms with Gasteiger partial charge in [0.2, 0.25) is 0 Å². The third-order valence-corrected chi connectivity index (χ3v) is 6.77. The summed E-state index contributed by atoms with van der Waals surface area (Å²) in [5.41, 5.74) is 1.89. The van der Waals surface area contributed by atoms with Crippen LogP contribution in [0.1, 0.15) is 57.1 Å². The highest BCUT2D eigenvalue weighted by Gasteiger charge is 2.28. The highest BCUT2D eigenvalue weighted by molar-refractivity contribution is 7.09. The van der Waals surface area contributed by atoms with Crippen LogP contribution in [0.3, 0.4) is 0 Å². The zero-order chi connectivity index (χ0) is 24.6. The van der Waals surface area contributed by atoms with Crippen LogP contribution in [0.4, 0.5) is 0 Å². The Balaban J connectivity index is 1.45. The Kier molecular flexibility index (Phi) is 8.05. The monoisotopic (exact) mass is 489 g/mol. The van der Waals surface area contributed by atoms with E-state index in [2.05, 4.69) is 10.3 Å². The van der Waals surface area contributed by atoms with Crippen molar-refractivity contribution in [3.8, 4) is 0 Å². The van der Waals surface area contributed by atoms with Gasteiger partial charge in [-0.05, 0) is 43.5 Å². The Hall–Kier alpha value is -3.78. The largest absolute Gasteiger partial charge is 0.461 e. The lowest BCUT2D eigenvalue weighted by atomic mass is 9.97. The highest BCUT2D eigenvalue weighted by atomic mass is 32.1. The van der Waals surface area contributed by atoms with Crippen molar-refractivity contribution < 1.29 is 19.1 Å². The van der Waals surface area contributed by atoms with Crippen LogP contribution in [0.15, 0.2) is 71.7 Å². The zero-order valence-corrected chi connectivity index (χ0v) is 20.3. The molecule has 0 radical (unpaired) electrons. The first-order valence-electron chi connectivity index (χ1n) is 11.6. The van der Waals surface area contributed by atoms with Gasteiger partial charge < -0.3 is 15.0 Å². The lowest BCUT2D eigenvalue weighted by Gasteiger charge is -2.31. The van der Waals surface area contributed by atoms with Crippen LogP contribution in [0.2, 0.25) is 0 Å². The number of piperidine rings is 1. The third kappa shape index (κ3) is 6.22. The molecule has 2 heterocycles. The zero-order valence-electron chi connectivity index (χ0n) is 19.5. The molecule has 4 rings (SSSR count). The van der Waals surface area contributed by atoms with E-state index in [1.165, 1.54) is 11.3 Å². The Labute approximate surface area is 208 Å². The maximum atomic E-state index is 13.4. The number of benzene rings is 2. The van der Waals surface area contributed by atoms with Crippen molar-refractivity contribution >= 4 is 35.2 Å². The van der Waals surface area contributed by atoms with Gasteiger partial charge in [-0.2, -0.15) is 0 Å². The minimum atomic E-state index is -0.410. The minimum Gasteiger partial charge on any atom is -0.461 e. The summed E-state index contributed by atoms with van der Waals surface area (Å²) in [6.45, 7) is 3.14. The van der Waals surface area contributed by atoms with Gasteiger partial charge in [0.15, 0.2) is 5.69 Å². The predicted molar refractivity (Wildman–Crippen MR) is 135 cm³/mol. The number of ether oxygens (including phenoxy) is 1. The van der Waals surface area contributed by atoms with Crippen LogP contribution in [0.5, 0.6) is 0 Å². The first kappa shape index (κ1) is 24.3. The maximum absolute atomic E-state index is 13.4. The summed E-state index contributed by atoms with van der Waals surface area (Å²) in [6, 6.07) is 18.3. The van der Waals surface area contributed by atoms with Crippen molar-refractivity contribution in [2.75, 3.05) is 19.7 Å². The fourth-order valence-corrected chi connectivity index (χ4v) is 4.89. The van der Waals surface area contributed by atoms with Crippen molar-refractivity contribution in [1.29, 1.82) is 0 Å². The second-order valence-electron chi connectivity index (χ2n) is 8.15. The van der Waals surface area contributed by atoms with Gasteiger partial charge in [0.05, 0.1) is 11.6 Å². The van der Waals surface area contributed by atoms with Gasteiger partial charge in [-0.3, -0.25) is 9.59 Å². The van der Waals surface area contributed by atoms with Gasteiger partial charge >= 0.3 is 5.97 Å². The molecule has 1 saturated heterocycles. The molecule has 1 aliphatic heterocycles. The second-order valence-corrected chi connectivity index (χ2v) is 9.04. The van der Waals surface area contributed by atoms with Crippen LogP contribution in [-0.2, 0) is 9.53 Å². The number of esters is 1. The number of thiazole rings is 1. The number of nitrogens with zero attached hydrogens (tertiary/aromatic N) is 2. The van der Waals surface area contributed by atoms with E-state index in [-0.39, 0.29) is 23.4 Å². The highest BCUT2D eigenvalue weighted by Crippen LogP contribution is 2.31. The number of rotatable bonds is 7. The molecule has 7 nitrogen and oxygen atoms in total. The third-order valence-electron chi connectivity index (χ3n) is 5.76. The molecule has 1 aliphatic rings. The molecule has 1 fully saturated rings. The molecule has 0 spiro atoms. The first-order valence-corrected chi connectivity index (χ1v) is 12.5. The van der Waals surface area contributed by atoms with Gasteiger partial charge in [-0.15, -0.1) is 11.3 Å². The molecule has 0 aliphatic carbocycles. The van der Waals surface area contributed by atoms with Gasteiger partial charge in [0, 0.05) is 30.0 Å². The molecular formula is C27H27N3O4S. The van der Waals surface area contributed by atoms with Gasteiger partial charge in [-0.1, -0.05) is 48.5 Å². The number of hydrogen-bond acceptors (Lipinski definition) is 6. The molecule has 0 bridgehead atoms. The normalized spacial score (nSPS) is 14.4. The molecule has 0 saturated carbocycles. The number of hydrogen-bond donors (Lipinski definition) is 1. The van der Waals surface area contributed by atoms with E-state index in [0.29, 0.717) is 31.0 Å². The summed E-state index contributed by atoms with van der Waals surface area (Å²) in [5, 5.41) is 5.43. The van der Waals surface area contributed by atoms with Crippen LogP contribution >= 0.6 is 11.3 Å². The lowest BCUT2D eigenvalue weighted by Crippen LogP contribution is -2.42. The predicted octanol–water partition coefficient (Wildman–Crippen LogP) is 4.50. The van der Waals surface area contributed by atoms with Crippen LogP contribution in [-0.4, -0.2) is 47.4 Å². The standard InChI is InChI=1S/C27H27N3O4S/c1-2-34-27(33)23-18-35-25(29-23)21-13-15-30(16-14-21)26(32)22(17-19-9-5-3-6-10-19)28-24(31)20-11-7-4-8-12-20/h3-12,17-18,21H,2,13-16H2,1H3,(H,28,31)/b22-17-. The molecule has 0 atom stereocenters.